The molecule has 33 heavy (non-hydrogen) atoms. The molecule has 0 saturated carbocycles. The first-order valence-electron chi connectivity index (χ1n) is 10.7. The number of rotatable bonds is 5. The molecule has 1 saturated heterocycles. The number of nitrogens with one attached hydrogen (secondary N) is 2. The summed E-state index contributed by atoms with van der Waals surface area (Å²) in [4.78, 5) is 44.4. The van der Waals surface area contributed by atoms with E-state index in [1.165, 1.54) is 11.8 Å². The molecular weight excluding hydrogens is 436 g/mol. The summed E-state index contributed by atoms with van der Waals surface area (Å²) < 4.78 is 0. The van der Waals surface area contributed by atoms with Crippen molar-refractivity contribution in [1.82, 2.24) is 9.88 Å². The van der Waals surface area contributed by atoms with Gasteiger partial charge in [-0.1, -0.05) is 6.07 Å². The van der Waals surface area contributed by atoms with Gasteiger partial charge in [-0.3, -0.25) is 19.3 Å². The fourth-order valence-corrected chi connectivity index (χ4v) is 4.72. The second-order valence-corrected chi connectivity index (χ2v) is 9.51. The summed E-state index contributed by atoms with van der Waals surface area (Å²) in [6, 6.07) is 13.6. The Morgan fingerprint density at radius 2 is 1.79 bits per heavy atom. The zero-order chi connectivity index (χ0) is 23.9. The number of carbonyl (C=O) groups is 3. The third-order valence-electron chi connectivity index (χ3n) is 5.69. The summed E-state index contributed by atoms with van der Waals surface area (Å²) in [6.07, 6.45) is 1.80. The highest BCUT2D eigenvalue weighted by molar-refractivity contribution is 7.80. The van der Waals surface area contributed by atoms with Gasteiger partial charge in [-0.05, 0) is 87.8 Å². The Morgan fingerprint density at radius 1 is 1.09 bits per heavy atom. The zero-order valence-electron chi connectivity index (χ0n) is 19.0. The number of hydrogen-bond acceptors (Lipinski definition) is 4. The number of nitrogens with zero attached hydrogens (tertiary/aromatic N) is 2. The summed E-state index contributed by atoms with van der Waals surface area (Å²) in [5.74, 6) is -0.592. The summed E-state index contributed by atoms with van der Waals surface area (Å²) in [5.41, 5.74) is 2.22. The van der Waals surface area contributed by atoms with Crippen molar-refractivity contribution in [3.05, 3.63) is 60.3 Å². The Bertz CT molecular complexity index is 1260. The number of carbonyl (C=O) groups excluding carboxylic acids is 3. The zero-order valence-corrected chi connectivity index (χ0v) is 19.8. The number of ketones is 1. The highest BCUT2D eigenvalue weighted by Crippen LogP contribution is 2.33. The van der Waals surface area contributed by atoms with E-state index in [1.54, 1.807) is 24.3 Å². The molecule has 1 aliphatic rings. The molecule has 0 bridgehead atoms. The lowest BCUT2D eigenvalue weighted by Crippen LogP contribution is -2.49. The van der Waals surface area contributed by atoms with Gasteiger partial charge in [0.2, 0.25) is 5.91 Å². The van der Waals surface area contributed by atoms with E-state index in [0.29, 0.717) is 22.1 Å². The van der Waals surface area contributed by atoms with Crippen molar-refractivity contribution in [3.63, 3.8) is 0 Å². The maximum absolute atomic E-state index is 13.5. The van der Waals surface area contributed by atoms with E-state index in [9.17, 15) is 14.4 Å². The van der Waals surface area contributed by atoms with Crippen LogP contribution >= 0.6 is 12.2 Å². The predicted octanol–water partition coefficient (Wildman–Crippen LogP) is 4.50. The van der Waals surface area contributed by atoms with Gasteiger partial charge in [-0.2, -0.15) is 0 Å². The number of thiocarbonyl (C=S) groups is 1. The Morgan fingerprint density at radius 3 is 2.42 bits per heavy atom. The summed E-state index contributed by atoms with van der Waals surface area (Å²) >= 11 is 5.68. The molecule has 2 aromatic carbocycles. The van der Waals surface area contributed by atoms with Crippen molar-refractivity contribution < 1.29 is 14.4 Å². The molecule has 170 valence electrons. The highest BCUT2D eigenvalue weighted by Gasteiger charge is 2.48. The predicted molar refractivity (Wildman–Crippen MR) is 133 cm³/mol. The lowest BCUT2D eigenvalue weighted by Gasteiger charge is -2.36. The minimum Gasteiger partial charge on any atom is -0.361 e. The molecule has 0 radical (unpaired) electrons. The van der Waals surface area contributed by atoms with Crippen LogP contribution in [0.25, 0.3) is 10.9 Å². The molecule has 1 aromatic heterocycles. The number of benzene rings is 2. The van der Waals surface area contributed by atoms with E-state index in [0.717, 1.165) is 10.9 Å². The maximum Gasteiger partial charge on any atom is 0.256 e. The van der Waals surface area contributed by atoms with Crippen molar-refractivity contribution in [2.24, 2.45) is 0 Å². The number of aromatic nitrogens is 1. The van der Waals surface area contributed by atoms with Crippen LogP contribution in [0.5, 0.6) is 0 Å². The first kappa shape index (κ1) is 22.7. The van der Waals surface area contributed by atoms with Crippen molar-refractivity contribution >= 4 is 57.2 Å². The minimum absolute atomic E-state index is 0.0406. The van der Waals surface area contributed by atoms with Gasteiger partial charge < -0.3 is 15.2 Å². The van der Waals surface area contributed by atoms with Gasteiger partial charge in [0.1, 0.15) is 6.04 Å². The Hall–Kier alpha value is -3.52. The van der Waals surface area contributed by atoms with E-state index in [2.05, 4.69) is 10.3 Å². The molecule has 7 nitrogen and oxygen atoms in total. The van der Waals surface area contributed by atoms with E-state index in [-0.39, 0.29) is 24.0 Å². The van der Waals surface area contributed by atoms with Crippen molar-refractivity contribution in [2.45, 2.75) is 45.7 Å². The molecule has 1 atom stereocenters. The van der Waals surface area contributed by atoms with Gasteiger partial charge in [0.25, 0.3) is 5.91 Å². The van der Waals surface area contributed by atoms with Gasteiger partial charge in [-0.15, -0.1) is 0 Å². The van der Waals surface area contributed by atoms with Gasteiger partial charge >= 0.3 is 0 Å². The third-order valence-corrected chi connectivity index (χ3v) is 6.07. The molecule has 0 aliphatic carbocycles. The van der Waals surface area contributed by atoms with E-state index in [1.807, 2.05) is 56.1 Å². The molecule has 2 amide bonds. The minimum atomic E-state index is -0.737. The Kier molecular flexibility index (Phi) is 5.80. The summed E-state index contributed by atoms with van der Waals surface area (Å²) in [7, 11) is 0. The van der Waals surface area contributed by atoms with Gasteiger partial charge in [-0.25, -0.2) is 0 Å². The first-order valence-corrected chi connectivity index (χ1v) is 11.1. The topological polar surface area (TPSA) is 85.5 Å². The fraction of sp³-hybridized carbons (Fsp3) is 0.280. The van der Waals surface area contributed by atoms with Gasteiger partial charge in [0.05, 0.1) is 12.1 Å². The van der Waals surface area contributed by atoms with Crippen LogP contribution in [-0.4, -0.2) is 44.2 Å². The summed E-state index contributed by atoms with van der Waals surface area (Å²) in [5, 5.41) is 4.29. The van der Waals surface area contributed by atoms with E-state index >= 15 is 0 Å². The van der Waals surface area contributed by atoms with Crippen LogP contribution < -0.4 is 10.2 Å². The number of amides is 2. The van der Waals surface area contributed by atoms with E-state index < -0.39 is 11.6 Å². The van der Waals surface area contributed by atoms with Gasteiger partial charge in [0, 0.05) is 28.5 Å². The first-order chi connectivity index (χ1) is 15.6. The average Bonchev–Trinajstić information content (AvgIpc) is 3.29. The maximum atomic E-state index is 13.5. The van der Waals surface area contributed by atoms with Crippen LogP contribution in [0.1, 0.15) is 44.5 Å². The second-order valence-electron chi connectivity index (χ2n) is 9.15. The number of hydrogen-bond donors (Lipinski definition) is 2. The molecule has 8 heteroatoms. The van der Waals surface area contributed by atoms with E-state index in [4.69, 9.17) is 12.2 Å². The van der Waals surface area contributed by atoms with Crippen LogP contribution in [0.4, 0.5) is 11.4 Å². The molecule has 2 N–H and O–H groups in total. The summed E-state index contributed by atoms with van der Waals surface area (Å²) in [6.45, 7) is 7.36. The SMILES string of the molecule is CC(=O)c1ccc(N2C(=O)C(CC(=O)Nc3ccc4cc[nH]c4c3)N(C(C)(C)C)C2=S)cc1. The molecule has 4 rings (SSSR count). The molecular formula is C25H26N4O3S. The number of aromatic amines is 1. The van der Waals surface area contributed by atoms with Crippen LogP contribution in [0.2, 0.25) is 0 Å². The quantitative estimate of drug-likeness (QED) is 0.431. The lowest BCUT2D eigenvalue weighted by atomic mass is 10.0. The molecule has 1 unspecified atom stereocenters. The normalized spacial score (nSPS) is 16.5. The number of H-pyrrole nitrogens is 1. The highest BCUT2D eigenvalue weighted by atomic mass is 32.1. The number of fused-ring (bicyclic) bond motifs is 1. The third kappa shape index (κ3) is 4.39. The molecule has 2 heterocycles. The fourth-order valence-electron chi connectivity index (χ4n) is 4.12. The standard InChI is InChI=1S/C25H26N4O3S/c1-15(30)16-6-9-19(10-7-16)28-23(32)21(29(24(28)33)25(2,3)4)14-22(31)27-18-8-5-17-11-12-26-20(17)13-18/h5-13,21,26H,14H2,1-4H3,(H,27,31). The lowest BCUT2D eigenvalue weighted by molar-refractivity contribution is -0.125. The second kappa shape index (κ2) is 8.44. The Labute approximate surface area is 197 Å². The number of Topliss-reactive ketones (excluding diaryl/α,β-unsaturated/α-hetero) is 1. The molecule has 0 spiro atoms. The number of anilines is 2. The van der Waals surface area contributed by atoms with Crippen LogP contribution in [0.3, 0.4) is 0 Å². The molecule has 1 fully saturated rings. The average molecular weight is 463 g/mol. The van der Waals surface area contributed by atoms with Gasteiger partial charge in [0.15, 0.2) is 10.9 Å². The van der Waals surface area contributed by atoms with Crippen LogP contribution in [0, 0.1) is 0 Å². The molecule has 1 aliphatic heterocycles. The molecule has 3 aromatic rings. The Balaban J connectivity index is 1.58. The smallest absolute Gasteiger partial charge is 0.256 e. The van der Waals surface area contributed by atoms with Crippen molar-refractivity contribution in [1.29, 1.82) is 0 Å². The van der Waals surface area contributed by atoms with Crippen molar-refractivity contribution in [2.75, 3.05) is 10.2 Å². The monoisotopic (exact) mass is 462 g/mol. The largest absolute Gasteiger partial charge is 0.361 e. The van der Waals surface area contributed by atoms with Crippen molar-refractivity contribution in [3.8, 4) is 0 Å². The van der Waals surface area contributed by atoms with Crippen LogP contribution in [0.15, 0.2) is 54.7 Å². The van der Waals surface area contributed by atoms with Crippen LogP contribution in [-0.2, 0) is 9.59 Å².